The van der Waals surface area contributed by atoms with Crippen molar-refractivity contribution in [3.05, 3.63) is 114 Å². The van der Waals surface area contributed by atoms with Gasteiger partial charge in [0.25, 0.3) is 5.91 Å². The average Bonchev–Trinajstić information content (AvgIpc) is 2.84. The summed E-state index contributed by atoms with van der Waals surface area (Å²) in [5.41, 5.74) is 1.45. The summed E-state index contributed by atoms with van der Waals surface area (Å²) in [7, 11) is 0. The topological polar surface area (TPSA) is 72.5 Å². The average molecular weight is 423 g/mol. The number of hydrogen-bond acceptors (Lipinski definition) is 4. The number of benzene rings is 4. The highest BCUT2D eigenvalue weighted by Crippen LogP contribution is 2.23. The third kappa shape index (κ3) is 4.42. The van der Waals surface area contributed by atoms with Crippen molar-refractivity contribution in [3.63, 3.8) is 0 Å². The molecule has 1 unspecified atom stereocenters. The Kier molecular flexibility index (Phi) is 6.08. The van der Waals surface area contributed by atoms with Crippen LogP contribution >= 0.6 is 0 Å². The lowest BCUT2D eigenvalue weighted by Gasteiger charge is -2.16. The van der Waals surface area contributed by atoms with E-state index < -0.39 is 18.0 Å². The van der Waals surface area contributed by atoms with Gasteiger partial charge in [0.2, 0.25) is 0 Å². The summed E-state index contributed by atoms with van der Waals surface area (Å²) < 4.78 is 5.41. The van der Waals surface area contributed by atoms with Gasteiger partial charge in [-0.15, -0.1) is 0 Å². The molecule has 5 nitrogen and oxygen atoms in total. The summed E-state index contributed by atoms with van der Waals surface area (Å²) in [6.45, 7) is 1.50. The third-order valence-corrected chi connectivity index (χ3v) is 5.13. The maximum atomic E-state index is 12.9. The maximum Gasteiger partial charge on any atom is 0.339 e. The fraction of sp³-hybridized carbons (Fsp3) is 0.0741. The molecule has 158 valence electrons. The van der Waals surface area contributed by atoms with Gasteiger partial charge in [0, 0.05) is 22.2 Å². The Morgan fingerprint density at radius 3 is 2.12 bits per heavy atom. The van der Waals surface area contributed by atoms with Crippen LogP contribution in [0.3, 0.4) is 0 Å². The molecule has 0 aromatic heterocycles. The Bertz CT molecular complexity index is 1290. The van der Waals surface area contributed by atoms with Gasteiger partial charge < -0.3 is 10.1 Å². The first kappa shape index (κ1) is 21.0. The zero-order valence-electron chi connectivity index (χ0n) is 17.4. The number of fused-ring (bicyclic) bond motifs is 1. The summed E-state index contributed by atoms with van der Waals surface area (Å²) in [5.74, 6) is -1.47. The molecule has 0 bridgehead atoms. The van der Waals surface area contributed by atoms with Crippen LogP contribution in [0.5, 0.6) is 0 Å². The van der Waals surface area contributed by atoms with E-state index in [0.29, 0.717) is 11.3 Å². The molecule has 4 rings (SSSR count). The predicted octanol–water partition coefficient (Wildman–Crippen LogP) is 5.25. The van der Waals surface area contributed by atoms with Gasteiger partial charge in [0.05, 0.1) is 5.56 Å². The minimum atomic E-state index is -1.05. The van der Waals surface area contributed by atoms with Crippen LogP contribution in [0, 0.1) is 0 Å². The Labute approximate surface area is 185 Å². The number of anilines is 1. The Morgan fingerprint density at radius 2 is 1.34 bits per heavy atom. The smallest absolute Gasteiger partial charge is 0.339 e. The molecule has 4 aromatic rings. The van der Waals surface area contributed by atoms with Crippen LogP contribution in [0.25, 0.3) is 10.8 Å². The van der Waals surface area contributed by atoms with Crippen molar-refractivity contribution < 1.29 is 19.1 Å². The number of ketones is 1. The van der Waals surface area contributed by atoms with Crippen LogP contribution < -0.4 is 5.32 Å². The Hall–Kier alpha value is -4.25. The highest BCUT2D eigenvalue weighted by Gasteiger charge is 2.23. The van der Waals surface area contributed by atoms with E-state index in [1.807, 2.05) is 42.5 Å². The molecule has 0 aliphatic heterocycles. The molecule has 0 aliphatic rings. The molecule has 0 aliphatic carbocycles. The van der Waals surface area contributed by atoms with Gasteiger partial charge in [-0.3, -0.25) is 9.59 Å². The number of hydrogen-bond donors (Lipinski definition) is 1. The second kappa shape index (κ2) is 9.27. The van der Waals surface area contributed by atoms with E-state index in [4.69, 9.17) is 4.74 Å². The Balaban J connectivity index is 1.50. The van der Waals surface area contributed by atoms with Crippen molar-refractivity contribution in [2.75, 3.05) is 5.32 Å². The summed E-state index contributed by atoms with van der Waals surface area (Å²) in [5, 5.41) is 4.70. The highest BCUT2D eigenvalue weighted by atomic mass is 16.5. The molecule has 0 fully saturated rings. The second-order valence-corrected chi connectivity index (χ2v) is 7.30. The number of esters is 1. The van der Waals surface area contributed by atoms with Gasteiger partial charge in [0.15, 0.2) is 11.9 Å². The molecule has 1 amide bonds. The van der Waals surface area contributed by atoms with Crippen molar-refractivity contribution in [3.8, 4) is 0 Å². The van der Waals surface area contributed by atoms with Crippen LogP contribution in [0.1, 0.15) is 33.2 Å². The summed E-state index contributed by atoms with van der Waals surface area (Å²) in [6, 6.07) is 28.4. The van der Waals surface area contributed by atoms with Crippen molar-refractivity contribution in [1.29, 1.82) is 0 Å². The zero-order valence-corrected chi connectivity index (χ0v) is 17.4. The Morgan fingerprint density at radius 1 is 0.719 bits per heavy atom. The first-order valence-electron chi connectivity index (χ1n) is 10.2. The number of ether oxygens (including phenoxy) is 1. The number of carbonyl (C=O) groups is 3. The van der Waals surface area contributed by atoms with E-state index in [2.05, 4.69) is 5.32 Å². The van der Waals surface area contributed by atoms with Crippen LogP contribution in [-0.2, 0) is 9.53 Å². The monoisotopic (exact) mass is 423 g/mol. The van der Waals surface area contributed by atoms with Gasteiger partial charge in [-0.1, -0.05) is 84.9 Å². The molecule has 0 heterocycles. The molecule has 0 saturated carbocycles. The highest BCUT2D eigenvalue weighted by molar-refractivity contribution is 6.14. The summed E-state index contributed by atoms with van der Waals surface area (Å²) in [4.78, 5) is 38.4. The molecule has 1 N–H and O–H groups in total. The van der Waals surface area contributed by atoms with Gasteiger partial charge in [0.1, 0.15) is 0 Å². The third-order valence-electron chi connectivity index (χ3n) is 5.13. The van der Waals surface area contributed by atoms with Gasteiger partial charge >= 0.3 is 5.97 Å². The summed E-state index contributed by atoms with van der Waals surface area (Å²) in [6.07, 6.45) is -1.05. The van der Waals surface area contributed by atoms with Crippen LogP contribution in [0.4, 0.5) is 5.69 Å². The number of rotatable bonds is 6. The van der Waals surface area contributed by atoms with Crippen molar-refractivity contribution >= 4 is 34.1 Å². The van der Waals surface area contributed by atoms with E-state index in [1.54, 1.807) is 48.5 Å². The van der Waals surface area contributed by atoms with Gasteiger partial charge in [-0.2, -0.15) is 0 Å². The van der Waals surface area contributed by atoms with Crippen molar-refractivity contribution in [1.82, 2.24) is 0 Å². The lowest BCUT2D eigenvalue weighted by molar-refractivity contribution is -0.123. The fourth-order valence-corrected chi connectivity index (χ4v) is 3.45. The zero-order chi connectivity index (χ0) is 22.5. The maximum absolute atomic E-state index is 12.9. The van der Waals surface area contributed by atoms with E-state index in [1.165, 1.54) is 13.0 Å². The van der Waals surface area contributed by atoms with Crippen molar-refractivity contribution in [2.45, 2.75) is 13.0 Å². The lowest BCUT2D eigenvalue weighted by atomic mass is 9.98. The SMILES string of the molecule is CC(OC(=O)c1ccccc1C(=O)c1ccccc1)C(=O)Nc1cccc2ccccc12. The number of nitrogens with one attached hydrogen (secondary N) is 1. The molecule has 0 saturated heterocycles. The molecule has 1 atom stereocenters. The van der Waals surface area contributed by atoms with E-state index in [0.717, 1.165) is 10.8 Å². The van der Waals surface area contributed by atoms with Crippen LogP contribution in [0.15, 0.2) is 97.1 Å². The number of carbonyl (C=O) groups excluding carboxylic acids is 3. The molecule has 0 radical (unpaired) electrons. The molecule has 0 spiro atoms. The van der Waals surface area contributed by atoms with Gasteiger partial charge in [-0.25, -0.2) is 4.79 Å². The molecule has 5 heteroatoms. The lowest BCUT2D eigenvalue weighted by Crippen LogP contribution is -2.30. The molecule has 32 heavy (non-hydrogen) atoms. The fourth-order valence-electron chi connectivity index (χ4n) is 3.45. The van der Waals surface area contributed by atoms with Crippen LogP contribution in [0.2, 0.25) is 0 Å². The van der Waals surface area contributed by atoms with Gasteiger partial charge in [-0.05, 0) is 24.4 Å². The van der Waals surface area contributed by atoms with E-state index in [9.17, 15) is 14.4 Å². The van der Waals surface area contributed by atoms with E-state index in [-0.39, 0.29) is 16.9 Å². The normalized spacial score (nSPS) is 11.5. The standard InChI is InChI=1S/C27H21NO4/c1-18(26(30)28-24-17-9-13-19-10-5-6-14-21(19)24)32-27(31)23-16-8-7-15-22(23)25(29)20-11-3-2-4-12-20/h2-18H,1H3,(H,28,30). The minimum absolute atomic E-state index is 0.117. The molecular weight excluding hydrogens is 402 g/mol. The predicted molar refractivity (Wildman–Crippen MR) is 124 cm³/mol. The largest absolute Gasteiger partial charge is 0.449 e. The summed E-state index contributed by atoms with van der Waals surface area (Å²) >= 11 is 0. The quantitative estimate of drug-likeness (QED) is 0.339. The minimum Gasteiger partial charge on any atom is -0.449 e. The second-order valence-electron chi connectivity index (χ2n) is 7.30. The molecular formula is C27H21NO4. The van der Waals surface area contributed by atoms with E-state index >= 15 is 0 Å². The first-order chi connectivity index (χ1) is 15.5. The first-order valence-corrected chi connectivity index (χ1v) is 10.2. The van der Waals surface area contributed by atoms with Crippen LogP contribution in [-0.4, -0.2) is 23.8 Å². The van der Waals surface area contributed by atoms with Crippen molar-refractivity contribution in [2.24, 2.45) is 0 Å². The molecule has 4 aromatic carbocycles. The number of amides is 1.